The fraction of sp³-hybridized carbons (Fsp3) is 0.897. The molecule has 0 spiro atoms. The molecule has 1 saturated heterocycles. The van der Waals surface area contributed by atoms with Crippen LogP contribution in [0.3, 0.4) is 0 Å². The number of amides is 3. The van der Waals surface area contributed by atoms with Crippen LogP contribution in [-0.2, 0) is 19.1 Å². The normalized spacial score (nSPS) is 20.8. The molecule has 0 aromatic heterocycles. The number of likely N-dealkylation sites (tertiary alicyclic amines) is 1. The second kappa shape index (κ2) is 15.8. The molecule has 0 bridgehead atoms. The molecule has 9 nitrogen and oxygen atoms in total. The van der Waals surface area contributed by atoms with E-state index in [2.05, 4.69) is 38.3 Å². The molecule has 4 N–H and O–H groups in total. The number of ether oxygens (including phenoxy) is 1. The molecule has 7 atom stereocenters. The van der Waals surface area contributed by atoms with Crippen LogP contribution in [-0.4, -0.2) is 91.6 Å². The lowest BCUT2D eigenvalue weighted by molar-refractivity contribution is -0.146. The Kier molecular flexibility index (Phi) is 14.2. The molecule has 1 rings (SSSR count). The Morgan fingerprint density at radius 2 is 1.61 bits per heavy atom. The average Bonchev–Trinajstić information content (AvgIpc) is 3.35. The van der Waals surface area contributed by atoms with Crippen molar-refractivity contribution in [1.29, 1.82) is 0 Å². The Morgan fingerprint density at radius 3 is 2.05 bits per heavy atom. The van der Waals surface area contributed by atoms with Gasteiger partial charge in [-0.2, -0.15) is 0 Å². The summed E-state index contributed by atoms with van der Waals surface area (Å²) in [5.74, 6) is -0.0112. The van der Waals surface area contributed by atoms with Crippen molar-refractivity contribution in [2.75, 3.05) is 27.7 Å². The minimum atomic E-state index is -0.686. The summed E-state index contributed by atoms with van der Waals surface area (Å²) in [7, 11) is 5.12. The smallest absolute Gasteiger partial charge is 0.245 e. The van der Waals surface area contributed by atoms with Gasteiger partial charge in [-0.3, -0.25) is 14.4 Å². The van der Waals surface area contributed by atoms with E-state index < -0.39 is 18.2 Å². The van der Waals surface area contributed by atoms with Crippen LogP contribution >= 0.6 is 0 Å². The fourth-order valence-electron chi connectivity index (χ4n) is 5.71. The van der Waals surface area contributed by atoms with Gasteiger partial charge in [-0.1, -0.05) is 61.8 Å². The van der Waals surface area contributed by atoms with Gasteiger partial charge in [0.1, 0.15) is 6.04 Å². The Labute approximate surface area is 232 Å². The molecule has 3 amide bonds. The molecule has 0 aromatic carbocycles. The molecular weight excluding hydrogens is 482 g/mol. The number of rotatable bonds is 15. The van der Waals surface area contributed by atoms with Crippen molar-refractivity contribution in [3.63, 3.8) is 0 Å². The van der Waals surface area contributed by atoms with Gasteiger partial charge >= 0.3 is 0 Å². The van der Waals surface area contributed by atoms with E-state index in [0.29, 0.717) is 6.54 Å². The van der Waals surface area contributed by atoms with Crippen molar-refractivity contribution in [3.8, 4) is 0 Å². The number of hydrogen-bond acceptors (Lipinski definition) is 6. The number of carbonyl (C=O) groups excluding carboxylic acids is 3. The Hall–Kier alpha value is -1.71. The largest absolute Gasteiger partial charge is 0.379 e. The van der Waals surface area contributed by atoms with Gasteiger partial charge in [0.05, 0.1) is 24.6 Å². The van der Waals surface area contributed by atoms with Crippen LogP contribution in [0.1, 0.15) is 81.1 Å². The van der Waals surface area contributed by atoms with E-state index >= 15 is 0 Å². The summed E-state index contributed by atoms with van der Waals surface area (Å²) in [6, 6.07) is -1.45. The summed E-state index contributed by atoms with van der Waals surface area (Å²) in [6.07, 6.45) is 2.37. The summed E-state index contributed by atoms with van der Waals surface area (Å²) in [5.41, 5.74) is 6.46. The zero-order chi connectivity index (χ0) is 29.3. The molecule has 1 aliphatic heterocycles. The minimum absolute atomic E-state index is 0.0205. The number of nitrogens with two attached hydrogens (primary N) is 1. The summed E-state index contributed by atoms with van der Waals surface area (Å²) in [6.45, 7) is 16.8. The van der Waals surface area contributed by atoms with Crippen molar-refractivity contribution in [3.05, 3.63) is 0 Å². The predicted molar refractivity (Wildman–Crippen MR) is 153 cm³/mol. The van der Waals surface area contributed by atoms with Crippen LogP contribution in [0.2, 0.25) is 0 Å². The highest BCUT2D eigenvalue weighted by molar-refractivity contribution is 5.90. The molecule has 1 heterocycles. The standard InChI is InChI=1S/C29H57N5O4/c1-12-20(8)27(22(38-11)16-23(35)34-15-13-14-21(34)24(30)17(2)3)33(10)29(37)26(19(6)7)32-28(36)25(31-9)18(4)5/h17-22,24-27,31H,12-16,30H2,1-11H3,(H,32,36). The summed E-state index contributed by atoms with van der Waals surface area (Å²) < 4.78 is 5.92. The third-order valence-corrected chi connectivity index (χ3v) is 8.41. The van der Waals surface area contributed by atoms with Crippen LogP contribution in [0.4, 0.5) is 0 Å². The number of methoxy groups -OCH3 is 1. The Morgan fingerprint density at radius 1 is 1.03 bits per heavy atom. The maximum atomic E-state index is 13.9. The second-order valence-corrected chi connectivity index (χ2v) is 12.2. The summed E-state index contributed by atoms with van der Waals surface area (Å²) >= 11 is 0. The maximum absolute atomic E-state index is 13.9. The molecule has 0 aliphatic carbocycles. The van der Waals surface area contributed by atoms with Gasteiger partial charge in [-0.15, -0.1) is 0 Å². The van der Waals surface area contributed by atoms with Crippen molar-refractivity contribution in [1.82, 2.24) is 20.4 Å². The van der Waals surface area contributed by atoms with E-state index in [0.717, 1.165) is 19.3 Å². The van der Waals surface area contributed by atoms with Gasteiger partial charge < -0.3 is 30.9 Å². The molecule has 0 saturated carbocycles. The van der Waals surface area contributed by atoms with E-state index in [1.54, 1.807) is 26.1 Å². The molecule has 0 aromatic rings. The average molecular weight is 540 g/mol. The Bertz CT molecular complexity index is 759. The lowest BCUT2D eigenvalue weighted by Crippen LogP contribution is -2.59. The lowest BCUT2D eigenvalue weighted by Gasteiger charge is -2.41. The quantitative estimate of drug-likeness (QED) is 0.295. The number of hydrogen-bond donors (Lipinski definition) is 3. The molecule has 1 aliphatic rings. The van der Waals surface area contributed by atoms with E-state index in [-0.39, 0.29) is 65.9 Å². The van der Waals surface area contributed by atoms with Gasteiger partial charge in [-0.25, -0.2) is 0 Å². The molecule has 38 heavy (non-hydrogen) atoms. The van der Waals surface area contributed by atoms with E-state index in [9.17, 15) is 14.4 Å². The van der Waals surface area contributed by atoms with Gasteiger partial charge in [0.15, 0.2) is 0 Å². The lowest BCUT2D eigenvalue weighted by atomic mass is 9.89. The van der Waals surface area contributed by atoms with Crippen LogP contribution in [0, 0.1) is 23.7 Å². The van der Waals surface area contributed by atoms with E-state index in [4.69, 9.17) is 10.5 Å². The van der Waals surface area contributed by atoms with Crippen LogP contribution in [0.5, 0.6) is 0 Å². The first-order chi connectivity index (χ1) is 17.7. The van der Waals surface area contributed by atoms with Crippen LogP contribution in [0.25, 0.3) is 0 Å². The van der Waals surface area contributed by atoms with Crippen LogP contribution in [0.15, 0.2) is 0 Å². The third-order valence-electron chi connectivity index (χ3n) is 8.41. The van der Waals surface area contributed by atoms with E-state index in [1.165, 1.54) is 0 Å². The van der Waals surface area contributed by atoms with Gasteiger partial charge in [-0.05, 0) is 43.6 Å². The first kappa shape index (κ1) is 34.3. The van der Waals surface area contributed by atoms with Crippen molar-refractivity contribution in [2.45, 2.75) is 117 Å². The maximum Gasteiger partial charge on any atom is 0.245 e. The second-order valence-electron chi connectivity index (χ2n) is 12.2. The minimum Gasteiger partial charge on any atom is -0.379 e. The Balaban J connectivity index is 3.18. The summed E-state index contributed by atoms with van der Waals surface area (Å²) in [4.78, 5) is 44.0. The number of carbonyl (C=O) groups is 3. The monoisotopic (exact) mass is 539 g/mol. The highest BCUT2D eigenvalue weighted by Crippen LogP contribution is 2.27. The van der Waals surface area contributed by atoms with Gasteiger partial charge in [0.25, 0.3) is 0 Å². The SMILES string of the molecule is CCC(C)C(C(CC(=O)N1CCCC1C(N)C(C)C)OC)N(C)C(=O)C(NC(=O)C(NC)C(C)C)C(C)C. The van der Waals surface area contributed by atoms with Gasteiger partial charge in [0, 0.05) is 32.8 Å². The molecule has 222 valence electrons. The molecular formula is C29H57N5O4. The number of nitrogens with zero attached hydrogens (tertiary/aromatic N) is 2. The van der Waals surface area contributed by atoms with Crippen molar-refractivity contribution in [2.24, 2.45) is 29.4 Å². The zero-order valence-electron chi connectivity index (χ0n) is 25.9. The molecule has 7 unspecified atom stereocenters. The summed E-state index contributed by atoms with van der Waals surface area (Å²) in [5, 5.41) is 6.04. The zero-order valence-corrected chi connectivity index (χ0v) is 25.9. The highest BCUT2D eigenvalue weighted by Gasteiger charge is 2.40. The predicted octanol–water partition coefficient (Wildman–Crippen LogP) is 2.62. The van der Waals surface area contributed by atoms with Crippen molar-refractivity contribution < 1.29 is 19.1 Å². The van der Waals surface area contributed by atoms with Crippen LogP contribution < -0.4 is 16.4 Å². The first-order valence-electron chi connectivity index (χ1n) is 14.5. The molecule has 1 fully saturated rings. The van der Waals surface area contributed by atoms with E-state index in [1.807, 2.05) is 32.6 Å². The number of nitrogens with one attached hydrogen (secondary N) is 2. The highest BCUT2D eigenvalue weighted by atomic mass is 16.5. The first-order valence-corrected chi connectivity index (χ1v) is 14.5. The third kappa shape index (κ3) is 8.65. The number of likely N-dealkylation sites (N-methyl/N-ethyl adjacent to an activating group) is 2. The molecule has 0 radical (unpaired) electrons. The fourth-order valence-corrected chi connectivity index (χ4v) is 5.71. The van der Waals surface area contributed by atoms with Crippen molar-refractivity contribution >= 4 is 17.7 Å². The molecule has 9 heteroatoms. The van der Waals surface area contributed by atoms with Gasteiger partial charge in [0.2, 0.25) is 17.7 Å². The topological polar surface area (TPSA) is 117 Å².